The number of thiazole rings is 1. The molecule has 0 radical (unpaired) electrons. The average Bonchev–Trinajstić information content (AvgIpc) is 3.04. The molecule has 0 spiro atoms. The summed E-state index contributed by atoms with van der Waals surface area (Å²) >= 11 is 1.56. The van der Waals surface area contributed by atoms with Crippen LogP contribution in [0.15, 0.2) is 36.0 Å². The molecule has 0 aliphatic carbocycles. The van der Waals surface area contributed by atoms with E-state index >= 15 is 0 Å². The second-order valence-corrected chi connectivity index (χ2v) is 8.01. The van der Waals surface area contributed by atoms with Crippen molar-refractivity contribution in [2.45, 2.75) is 32.7 Å². The first-order valence-electron chi connectivity index (χ1n) is 8.91. The molecular weight excluding hydrogens is 358 g/mol. The summed E-state index contributed by atoms with van der Waals surface area (Å²) in [6.07, 6.45) is 2.34. The third-order valence-corrected chi connectivity index (χ3v) is 5.48. The van der Waals surface area contributed by atoms with Gasteiger partial charge in [-0.1, -0.05) is 26.0 Å². The van der Waals surface area contributed by atoms with E-state index in [1.54, 1.807) is 11.3 Å². The first-order valence-corrected chi connectivity index (χ1v) is 9.73. The second kappa shape index (κ2) is 8.33. The summed E-state index contributed by atoms with van der Waals surface area (Å²) < 4.78 is 0. The lowest BCUT2D eigenvalue weighted by atomic mass is 10.0. The summed E-state index contributed by atoms with van der Waals surface area (Å²) in [5, 5.41) is 15.8. The molecule has 2 aromatic rings. The van der Waals surface area contributed by atoms with Crippen molar-refractivity contribution in [1.29, 1.82) is 5.26 Å². The highest BCUT2D eigenvalue weighted by molar-refractivity contribution is 7.15. The SMILES string of the molecule is CC(C)c1ccc(NC(=O)/C(C#N)=C\Nc2nc3c(s2)CN(C)CC3)cc1. The van der Waals surface area contributed by atoms with Crippen molar-refractivity contribution in [3.8, 4) is 6.07 Å². The van der Waals surface area contributed by atoms with Crippen LogP contribution in [0.2, 0.25) is 0 Å². The van der Waals surface area contributed by atoms with Crippen molar-refractivity contribution in [2.75, 3.05) is 24.2 Å². The summed E-state index contributed by atoms with van der Waals surface area (Å²) in [6.45, 7) is 6.11. The molecule has 0 saturated heterocycles. The Balaban J connectivity index is 1.65. The van der Waals surface area contributed by atoms with Gasteiger partial charge in [-0.3, -0.25) is 4.79 Å². The second-order valence-electron chi connectivity index (χ2n) is 6.92. The van der Waals surface area contributed by atoms with E-state index in [-0.39, 0.29) is 5.57 Å². The van der Waals surface area contributed by atoms with Gasteiger partial charge in [0.15, 0.2) is 5.13 Å². The molecule has 2 heterocycles. The Morgan fingerprint density at radius 3 is 2.78 bits per heavy atom. The standard InChI is InChI=1S/C20H23N5OS/c1-13(2)14-4-6-16(7-5-14)23-19(26)15(10-21)11-22-20-24-17-8-9-25(3)12-18(17)27-20/h4-7,11,13H,8-9,12H2,1-3H3,(H,22,24)(H,23,26)/b15-11-. The zero-order chi connectivity index (χ0) is 19.4. The van der Waals surface area contributed by atoms with Crippen LogP contribution in [0.4, 0.5) is 10.8 Å². The van der Waals surface area contributed by atoms with E-state index in [4.69, 9.17) is 0 Å². The van der Waals surface area contributed by atoms with Gasteiger partial charge in [0.25, 0.3) is 5.91 Å². The van der Waals surface area contributed by atoms with Gasteiger partial charge >= 0.3 is 0 Å². The molecule has 1 aromatic heterocycles. The highest BCUT2D eigenvalue weighted by Crippen LogP contribution is 2.27. The lowest BCUT2D eigenvalue weighted by Crippen LogP contribution is -2.25. The van der Waals surface area contributed by atoms with Crippen LogP contribution in [0.3, 0.4) is 0 Å². The van der Waals surface area contributed by atoms with Gasteiger partial charge in [0.1, 0.15) is 11.6 Å². The molecule has 0 bridgehead atoms. The minimum absolute atomic E-state index is 0.00762. The molecule has 0 fully saturated rings. The number of fused-ring (bicyclic) bond motifs is 1. The summed E-state index contributed by atoms with van der Waals surface area (Å²) in [7, 11) is 2.08. The molecule has 0 saturated carbocycles. The molecule has 6 nitrogen and oxygen atoms in total. The number of carbonyl (C=O) groups is 1. The predicted molar refractivity (Wildman–Crippen MR) is 109 cm³/mol. The summed E-state index contributed by atoms with van der Waals surface area (Å²) in [4.78, 5) is 20.4. The average molecular weight is 382 g/mol. The maximum Gasteiger partial charge on any atom is 0.267 e. The molecule has 1 amide bonds. The van der Waals surface area contributed by atoms with Gasteiger partial charge < -0.3 is 15.5 Å². The van der Waals surface area contributed by atoms with Crippen molar-refractivity contribution < 1.29 is 4.79 Å². The first kappa shape index (κ1) is 19.1. The van der Waals surface area contributed by atoms with Crippen LogP contribution < -0.4 is 10.6 Å². The number of nitrogens with one attached hydrogen (secondary N) is 2. The van der Waals surface area contributed by atoms with E-state index in [1.165, 1.54) is 16.6 Å². The number of rotatable bonds is 5. The van der Waals surface area contributed by atoms with Crippen molar-refractivity contribution in [1.82, 2.24) is 9.88 Å². The minimum Gasteiger partial charge on any atom is -0.337 e. The highest BCUT2D eigenvalue weighted by atomic mass is 32.1. The number of nitrogens with zero attached hydrogens (tertiary/aromatic N) is 3. The van der Waals surface area contributed by atoms with Gasteiger partial charge in [-0.2, -0.15) is 5.26 Å². The van der Waals surface area contributed by atoms with Crippen LogP contribution >= 0.6 is 11.3 Å². The van der Waals surface area contributed by atoms with Crippen molar-refractivity contribution >= 4 is 28.1 Å². The Labute approximate surface area is 163 Å². The molecule has 1 aliphatic heterocycles. The number of carbonyl (C=O) groups excluding carboxylic acids is 1. The predicted octanol–water partition coefficient (Wildman–Crippen LogP) is 3.71. The number of hydrogen-bond acceptors (Lipinski definition) is 6. The van der Waals surface area contributed by atoms with Crippen LogP contribution in [0.25, 0.3) is 0 Å². The quantitative estimate of drug-likeness (QED) is 0.609. The third kappa shape index (κ3) is 4.73. The summed E-state index contributed by atoms with van der Waals surface area (Å²) in [5.74, 6) is -0.0132. The fourth-order valence-electron chi connectivity index (χ4n) is 2.82. The van der Waals surface area contributed by atoms with E-state index < -0.39 is 5.91 Å². The Morgan fingerprint density at radius 1 is 1.37 bits per heavy atom. The smallest absolute Gasteiger partial charge is 0.267 e. The van der Waals surface area contributed by atoms with Crippen molar-refractivity contribution in [2.24, 2.45) is 0 Å². The maximum absolute atomic E-state index is 12.4. The van der Waals surface area contributed by atoms with Gasteiger partial charge in [-0.25, -0.2) is 4.98 Å². The first-order chi connectivity index (χ1) is 13.0. The molecule has 2 N–H and O–H groups in total. The van der Waals surface area contributed by atoms with Crippen LogP contribution in [0, 0.1) is 11.3 Å². The molecule has 27 heavy (non-hydrogen) atoms. The number of hydrogen-bond donors (Lipinski definition) is 2. The molecular formula is C20H23N5OS. The monoisotopic (exact) mass is 381 g/mol. The highest BCUT2D eigenvalue weighted by Gasteiger charge is 2.18. The van der Waals surface area contributed by atoms with Crippen LogP contribution in [-0.2, 0) is 17.8 Å². The van der Waals surface area contributed by atoms with E-state index in [1.807, 2.05) is 30.3 Å². The van der Waals surface area contributed by atoms with Crippen molar-refractivity contribution in [3.05, 3.63) is 52.2 Å². The Kier molecular flexibility index (Phi) is 5.89. The Morgan fingerprint density at radius 2 is 2.11 bits per heavy atom. The number of nitriles is 1. The maximum atomic E-state index is 12.4. The molecule has 0 atom stereocenters. The number of benzene rings is 1. The van der Waals surface area contributed by atoms with Crippen LogP contribution in [0.5, 0.6) is 0 Å². The third-order valence-electron chi connectivity index (χ3n) is 4.46. The summed E-state index contributed by atoms with van der Waals surface area (Å²) in [6, 6.07) is 9.60. The molecule has 7 heteroatoms. The Bertz CT molecular complexity index is 892. The van der Waals surface area contributed by atoms with Crippen LogP contribution in [0.1, 0.15) is 35.9 Å². The number of aromatic nitrogens is 1. The number of likely N-dealkylation sites (N-methyl/N-ethyl adjacent to an activating group) is 1. The van der Waals surface area contributed by atoms with E-state index in [2.05, 4.69) is 41.4 Å². The van der Waals surface area contributed by atoms with Crippen LogP contribution in [-0.4, -0.2) is 29.4 Å². The fraction of sp³-hybridized carbons (Fsp3) is 0.350. The van der Waals surface area contributed by atoms with Crippen molar-refractivity contribution in [3.63, 3.8) is 0 Å². The van der Waals surface area contributed by atoms with Gasteiger partial charge in [-0.05, 0) is 30.7 Å². The zero-order valence-electron chi connectivity index (χ0n) is 15.7. The molecule has 0 unspecified atom stereocenters. The van der Waals surface area contributed by atoms with Gasteiger partial charge in [0.05, 0.1) is 5.69 Å². The lowest BCUT2D eigenvalue weighted by Gasteiger charge is -2.20. The van der Waals surface area contributed by atoms with Gasteiger partial charge in [0.2, 0.25) is 0 Å². The molecule has 3 rings (SSSR count). The van der Waals surface area contributed by atoms with E-state index in [0.717, 1.165) is 25.2 Å². The van der Waals surface area contributed by atoms with E-state index in [0.29, 0.717) is 16.7 Å². The topological polar surface area (TPSA) is 81.0 Å². The fourth-order valence-corrected chi connectivity index (χ4v) is 3.87. The zero-order valence-corrected chi connectivity index (χ0v) is 16.6. The molecule has 1 aromatic carbocycles. The minimum atomic E-state index is -0.441. The Hall–Kier alpha value is -2.69. The number of anilines is 2. The largest absolute Gasteiger partial charge is 0.337 e. The molecule has 140 valence electrons. The van der Waals surface area contributed by atoms with Gasteiger partial charge in [0, 0.05) is 36.3 Å². The van der Waals surface area contributed by atoms with Gasteiger partial charge in [-0.15, -0.1) is 11.3 Å². The lowest BCUT2D eigenvalue weighted by molar-refractivity contribution is -0.112. The number of amides is 1. The normalized spacial score (nSPS) is 14.6. The summed E-state index contributed by atoms with van der Waals surface area (Å²) in [5.41, 5.74) is 2.97. The van der Waals surface area contributed by atoms with E-state index in [9.17, 15) is 10.1 Å². The molecule has 1 aliphatic rings.